The molecule has 0 aliphatic rings. The van der Waals surface area contributed by atoms with Crippen LogP contribution >= 0.6 is 15.9 Å². The third kappa shape index (κ3) is 4.93. The van der Waals surface area contributed by atoms with Crippen LogP contribution in [0.2, 0.25) is 0 Å². The van der Waals surface area contributed by atoms with Crippen molar-refractivity contribution in [3.8, 4) is 11.8 Å². The fourth-order valence-corrected chi connectivity index (χ4v) is 2.10. The predicted molar refractivity (Wildman–Crippen MR) is 77.8 cm³/mol. The van der Waals surface area contributed by atoms with E-state index in [2.05, 4.69) is 72.1 Å². The standard InChI is InChI=1S/C15H20BrN/c1-15(2,3)11-7-10-14(17-4)12-8-5-6-9-13(12)16/h5-6,8-9,14,17H,10H2,1-4H3. The lowest BCUT2D eigenvalue weighted by molar-refractivity contribution is 0.566. The summed E-state index contributed by atoms with van der Waals surface area (Å²) in [7, 11) is 1.98. The van der Waals surface area contributed by atoms with Crippen molar-refractivity contribution in [3.05, 3.63) is 34.3 Å². The van der Waals surface area contributed by atoms with Crippen molar-refractivity contribution in [1.29, 1.82) is 0 Å². The molecule has 0 saturated carbocycles. The fraction of sp³-hybridized carbons (Fsp3) is 0.467. The maximum Gasteiger partial charge on any atom is 0.0439 e. The highest BCUT2D eigenvalue weighted by molar-refractivity contribution is 9.10. The van der Waals surface area contributed by atoms with E-state index in [9.17, 15) is 0 Å². The quantitative estimate of drug-likeness (QED) is 0.826. The van der Waals surface area contributed by atoms with E-state index < -0.39 is 0 Å². The number of halogens is 1. The normalized spacial score (nSPS) is 12.8. The van der Waals surface area contributed by atoms with E-state index >= 15 is 0 Å². The summed E-state index contributed by atoms with van der Waals surface area (Å²) >= 11 is 3.58. The smallest absolute Gasteiger partial charge is 0.0439 e. The van der Waals surface area contributed by atoms with E-state index in [0.717, 1.165) is 10.9 Å². The number of benzene rings is 1. The number of nitrogens with one attached hydrogen (secondary N) is 1. The first-order chi connectivity index (χ1) is 7.94. The Bertz CT molecular complexity index is 421. The number of rotatable bonds is 3. The molecule has 0 heterocycles. The maximum atomic E-state index is 3.58. The summed E-state index contributed by atoms with van der Waals surface area (Å²) in [6, 6.07) is 8.56. The van der Waals surface area contributed by atoms with Gasteiger partial charge in [0.2, 0.25) is 0 Å². The Morgan fingerprint density at radius 2 is 1.94 bits per heavy atom. The first-order valence-electron chi connectivity index (χ1n) is 5.86. The van der Waals surface area contributed by atoms with Crippen molar-refractivity contribution < 1.29 is 0 Å². The summed E-state index contributed by atoms with van der Waals surface area (Å²) < 4.78 is 1.14. The molecule has 2 heteroatoms. The van der Waals surface area contributed by atoms with Crippen LogP contribution in [-0.4, -0.2) is 7.05 Å². The molecule has 0 aliphatic carbocycles. The summed E-state index contributed by atoms with van der Waals surface area (Å²) in [5.41, 5.74) is 1.34. The van der Waals surface area contributed by atoms with Crippen LogP contribution in [0.25, 0.3) is 0 Å². The summed E-state index contributed by atoms with van der Waals surface area (Å²) in [6.07, 6.45) is 0.830. The van der Waals surface area contributed by atoms with Gasteiger partial charge in [-0.05, 0) is 39.4 Å². The van der Waals surface area contributed by atoms with Gasteiger partial charge in [-0.3, -0.25) is 0 Å². The van der Waals surface area contributed by atoms with Crippen molar-refractivity contribution in [2.24, 2.45) is 5.41 Å². The van der Waals surface area contributed by atoms with Crippen molar-refractivity contribution >= 4 is 15.9 Å². The molecule has 0 saturated heterocycles. The van der Waals surface area contributed by atoms with E-state index in [1.165, 1.54) is 5.56 Å². The highest BCUT2D eigenvalue weighted by Gasteiger charge is 2.11. The second-order valence-corrected chi connectivity index (χ2v) is 5.97. The van der Waals surface area contributed by atoms with E-state index in [1.54, 1.807) is 0 Å². The van der Waals surface area contributed by atoms with Gasteiger partial charge in [0.15, 0.2) is 0 Å². The third-order valence-electron chi connectivity index (χ3n) is 2.40. The molecule has 1 N–H and O–H groups in total. The molecule has 1 nitrogen and oxygen atoms in total. The number of hydrogen-bond acceptors (Lipinski definition) is 1. The Labute approximate surface area is 113 Å². The van der Waals surface area contributed by atoms with Crippen molar-refractivity contribution in [3.63, 3.8) is 0 Å². The minimum atomic E-state index is 0.0756. The molecule has 0 aromatic heterocycles. The molecule has 0 aliphatic heterocycles. The lowest BCUT2D eigenvalue weighted by Crippen LogP contribution is -2.16. The average Bonchev–Trinajstić information content (AvgIpc) is 2.24. The van der Waals surface area contributed by atoms with Gasteiger partial charge in [0.1, 0.15) is 0 Å². The van der Waals surface area contributed by atoms with Gasteiger partial charge in [-0.15, -0.1) is 5.92 Å². The zero-order valence-electron chi connectivity index (χ0n) is 11.0. The van der Waals surface area contributed by atoms with Crippen molar-refractivity contribution in [2.45, 2.75) is 33.2 Å². The van der Waals surface area contributed by atoms with Gasteiger partial charge >= 0.3 is 0 Å². The van der Waals surface area contributed by atoms with Gasteiger partial charge in [-0.25, -0.2) is 0 Å². The zero-order valence-corrected chi connectivity index (χ0v) is 12.6. The van der Waals surface area contributed by atoms with Gasteiger partial charge < -0.3 is 5.32 Å². The first kappa shape index (κ1) is 14.3. The molecular weight excluding hydrogens is 274 g/mol. The molecule has 92 valence electrons. The van der Waals surface area contributed by atoms with Crippen LogP contribution in [0.4, 0.5) is 0 Å². The molecule has 0 amide bonds. The summed E-state index contributed by atoms with van der Waals surface area (Å²) in [5, 5.41) is 3.31. The first-order valence-corrected chi connectivity index (χ1v) is 6.65. The molecule has 1 unspecified atom stereocenters. The SMILES string of the molecule is CNC(CC#CC(C)(C)C)c1ccccc1Br. The molecule has 1 rings (SSSR count). The summed E-state index contributed by atoms with van der Waals surface area (Å²) in [5.74, 6) is 6.54. The van der Waals surface area contributed by atoms with Crippen LogP contribution in [0.15, 0.2) is 28.7 Å². The minimum absolute atomic E-state index is 0.0756. The Morgan fingerprint density at radius 1 is 1.29 bits per heavy atom. The molecule has 1 atom stereocenters. The second-order valence-electron chi connectivity index (χ2n) is 5.12. The van der Waals surface area contributed by atoms with Crippen LogP contribution in [0, 0.1) is 17.3 Å². The molecule has 0 bridgehead atoms. The van der Waals surface area contributed by atoms with Crippen LogP contribution in [-0.2, 0) is 0 Å². The Balaban J connectivity index is 2.79. The van der Waals surface area contributed by atoms with Gasteiger partial charge in [-0.2, -0.15) is 0 Å². The predicted octanol–water partition coefficient (Wildman–Crippen LogP) is 4.15. The minimum Gasteiger partial charge on any atom is -0.312 e. The maximum absolute atomic E-state index is 3.58. The van der Waals surface area contributed by atoms with Gasteiger partial charge in [0.25, 0.3) is 0 Å². The van der Waals surface area contributed by atoms with Crippen LogP contribution in [0.5, 0.6) is 0 Å². The molecule has 17 heavy (non-hydrogen) atoms. The fourth-order valence-electron chi connectivity index (χ4n) is 1.54. The highest BCUT2D eigenvalue weighted by atomic mass is 79.9. The molecule has 1 aromatic carbocycles. The van der Waals surface area contributed by atoms with Gasteiger partial charge in [0, 0.05) is 22.4 Å². The lowest BCUT2D eigenvalue weighted by Gasteiger charge is -2.15. The molecule has 1 aromatic rings. The topological polar surface area (TPSA) is 12.0 Å². The van der Waals surface area contributed by atoms with Crippen LogP contribution < -0.4 is 5.32 Å². The average molecular weight is 294 g/mol. The second kappa shape index (κ2) is 6.23. The monoisotopic (exact) mass is 293 g/mol. The van der Waals surface area contributed by atoms with E-state index in [4.69, 9.17) is 0 Å². The molecule has 0 radical (unpaired) electrons. The zero-order chi connectivity index (χ0) is 12.9. The Kier molecular flexibility index (Phi) is 5.24. The molecule has 0 fully saturated rings. The van der Waals surface area contributed by atoms with Gasteiger partial charge in [0.05, 0.1) is 0 Å². The van der Waals surface area contributed by atoms with Crippen molar-refractivity contribution in [1.82, 2.24) is 5.32 Å². The Hall–Kier alpha value is -0.780. The third-order valence-corrected chi connectivity index (χ3v) is 3.12. The lowest BCUT2D eigenvalue weighted by atomic mass is 9.97. The van der Waals surface area contributed by atoms with E-state index in [-0.39, 0.29) is 11.5 Å². The largest absolute Gasteiger partial charge is 0.312 e. The van der Waals surface area contributed by atoms with Crippen molar-refractivity contribution in [2.75, 3.05) is 7.05 Å². The van der Waals surface area contributed by atoms with E-state index in [1.807, 2.05) is 13.1 Å². The van der Waals surface area contributed by atoms with Crippen LogP contribution in [0.1, 0.15) is 38.8 Å². The molecule has 0 spiro atoms. The van der Waals surface area contributed by atoms with E-state index in [0.29, 0.717) is 0 Å². The summed E-state index contributed by atoms with van der Waals surface area (Å²) in [4.78, 5) is 0. The van der Waals surface area contributed by atoms with Crippen LogP contribution in [0.3, 0.4) is 0 Å². The summed E-state index contributed by atoms with van der Waals surface area (Å²) in [6.45, 7) is 6.40. The highest BCUT2D eigenvalue weighted by Crippen LogP contribution is 2.25. The Morgan fingerprint density at radius 3 is 2.47 bits per heavy atom. The number of hydrogen-bond donors (Lipinski definition) is 1. The van der Waals surface area contributed by atoms with Gasteiger partial charge in [-0.1, -0.05) is 40.0 Å². The molecular formula is C15H20BrN.